The van der Waals surface area contributed by atoms with Gasteiger partial charge in [0.15, 0.2) is 17.5 Å². The maximum atomic E-state index is 5.16. The number of benzene rings is 7. The van der Waals surface area contributed by atoms with E-state index >= 15 is 0 Å². The Morgan fingerprint density at radius 3 is 1.70 bits per heavy atom. The lowest BCUT2D eigenvalue weighted by Crippen LogP contribution is -2.00. The summed E-state index contributed by atoms with van der Waals surface area (Å²) >= 11 is 1.79. The second-order valence-corrected chi connectivity index (χ2v) is 13.5. The van der Waals surface area contributed by atoms with Crippen LogP contribution in [0.4, 0.5) is 0 Å². The minimum Gasteiger partial charge on any atom is -0.309 e. The van der Waals surface area contributed by atoms with E-state index in [1.165, 1.54) is 42.0 Å². The van der Waals surface area contributed by atoms with Gasteiger partial charge in [-0.1, -0.05) is 127 Å². The Balaban J connectivity index is 1.12. The number of fused-ring (bicyclic) bond motifs is 6. The predicted molar refractivity (Wildman–Crippen MR) is 209 cm³/mol. The molecule has 50 heavy (non-hydrogen) atoms. The molecule has 7 aromatic carbocycles. The number of rotatable bonds is 5. The molecule has 0 aliphatic rings. The van der Waals surface area contributed by atoms with Crippen molar-refractivity contribution in [3.8, 4) is 51.0 Å². The first-order valence-electron chi connectivity index (χ1n) is 16.7. The van der Waals surface area contributed by atoms with Crippen LogP contribution in [0.2, 0.25) is 0 Å². The van der Waals surface area contributed by atoms with E-state index in [1.54, 1.807) is 11.3 Å². The third-order valence-electron chi connectivity index (χ3n) is 9.45. The van der Waals surface area contributed by atoms with Gasteiger partial charge < -0.3 is 4.57 Å². The van der Waals surface area contributed by atoms with Gasteiger partial charge in [0, 0.05) is 53.3 Å². The van der Waals surface area contributed by atoms with Crippen molar-refractivity contribution in [3.63, 3.8) is 0 Å². The first-order valence-corrected chi connectivity index (χ1v) is 17.5. The molecule has 3 aromatic heterocycles. The van der Waals surface area contributed by atoms with E-state index in [2.05, 4.69) is 156 Å². The van der Waals surface area contributed by atoms with E-state index in [9.17, 15) is 0 Å². The topological polar surface area (TPSA) is 43.6 Å². The van der Waals surface area contributed by atoms with E-state index in [-0.39, 0.29) is 0 Å². The molecule has 0 unspecified atom stereocenters. The zero-order chi connectivity index (χ0) is 33.0. The lowest BCUT2D eigenvalue weighted by Gasteiger charge is -2.12. The first-order chi connectivity index (χ1) is 24.8. The fourth-order valence-electron chi connectivity index (χ4n) is 7.13. The van der Waals surface area contributed by atoms with Gasteiger partial charge in [-0.05, 0) is 53.6 Å². The number of hydrogen-bond acceptors (Lipinski definition) is 4. The maximum absolute atomic E-state index is 5.16. The van der Waals surface area contributed by atoms with Crippen molar-refractivity contribution in [1.82, 2.24) is 19.5 Å². The molecule has 4 nitrogen and oxygen atoms in total. The number of aromatic nitrogens is 4. The van der Waals surface area contributed by atoms with Gasteiger partial charge in [0.25, 0.3) is 0 Å². The van der Waals surface area contributed by atoms with Crippen LogP contribution in [0.15, 0.2) is 170 Å². The summed E-state index contributed by atoms with van der Waals surface area (Å²) in [7, 11) is 0. The monoisotopic (exact) mass is 656 g/mol. The third-order valence-corrected chi connectivity index (χ3v) is 10.7. The molecule has 0 saturated carbocycles. The molecule has 3 heterocycles. The van der Waals surface area contributed by atoms with Crippen LogP contribution in [0, 0.1) is 0 Å². The molecule has 0 saturated heterocycles. The van der Waals surface area contributed by atoms with Gasteiger partial charge in [-0.3, -0.25) is 0 Å². The highest BCUT2D eigenvalue weighted by Gasteiger charge is 2.17. The average Bonchev–Trinajstić information content (AvgIpc) is 3.74. The van der Waals surface area contributed by atoms with Gasteiger partial charge in [0.1, 0.15) is 0 Å². The molecule has 10 aromatic rings. The highest BCUT2D eigenvalue weighted by atomic mass is 32.1. The largest absolute Gasteiger partial charge is 0.309 e. The summed E-state index contributed by atoms with van der Waals surface area (Å²) in [6.07, 6.45) is 0. The molecule has 0 spiro atoms. The lowest BCUT2D eigenvalue weighted by atomic mass is 10.0. The summed E-state index contributed by atoms with van der Waals surface area (Å²) in [6.45, 7) is 0. The van der Waals surface area contributed by atoms with E-state index in [0.717, 1.165) is 33.5 Å². The van der Waals surface area contributed by atoms with E-state index in [4.69, 9.17) is 15.0 Å². The Morgan fingerprint density at radius 1 is 0.380 bits per heavy atom. The number of nitrogens with zero attached hydrogens (tertiary/aromatic N) is 4. The average molecular weight is 657 g/mol. The van der Waals surface area contributed by atoms with Gasteiger partial charge in [0.2, 0.25) is 0 Å². The van der Waals surface area contributed by atoms with Crippen LogP contribution in [-0.2, 0) is 0 Å². The molecule has 234 valence electrons. The fourth-order valence-corrected chi connectivity index (χ4v) is 8.34. The SMILES string of the molecule is c1ccc(-c2nc(-c3cccc(-c4cccc(-n5c6ccccc6c6ccccc65)c4)c3)nc(-c3cccc4c3sc3ccccc34)n2)cc1. The zero-order valence-electron chi connectivity index (χ0n) is 26.9. The molecule has 0 aliphatic heterocycles. The van der Waals surface area contributed by atoms with Crippen molar-refractivity contribution in [1.29, 1.82) is 0 Å². The van der Waals surface area contributed by atoms with Crippen molar-refractivity contribution in [2.75, 3.05) is 0 Å². The first kappa shape index (κ1) is 28.6. The van der Waals surface area contributed by atoms with Crippen LogP contribution in [0.1, 0.15) is 0 Å². The molecular weight excluding hydrogens is 629 g/mol. The van der Waals surface area contributed by atoms with Gasteiger partial charge in [-0.2, -0.15) is 0 Å². The van der Waals surface area contributed by atoms with Crippen LogP contribution < -0.4 is 0 Å². The van der Waals surface area contributed by atoms with Crippen molar-refractivity contribution >= 4 is 53.3 Å². The summed E-state index contributed by atoms with van der Waals surface area (Å²) in [5.41, 5.74) is 8.64. The van der Waals surface area contributed by atoms with Gasteiger partial charge in [0.05, 0.1) is 11.0 Å². The molecular formula is C45H28N4S. The molecule has 0 bridgehead atoms. The molecule has 0 aliphatic carbocycles. The highest BCUT2D eigenvalue weighted by molar-refractivity contribution is 7.26. The number of para-hydroxylation sites is 2. The zero-order valence-corrected chi connectivity index (χ0v) is 27.7. The molecule has 0 fully saturated rings. The lowest BCUT2D eigenvalue weighted by molar-refractivity contribution is 1.08. The number of hydrogen-bond donors (Lipinski definition) is 0. The minimum absolute atomic E-state index is 0.646. The highest BCUT2D eigenvalue weighted by Crippen LogP contribution is 2.40. The summed E-state index contributed by atoms with van der Waals surface area (Å²) in [4.78, 5) is 15.3. The molecule has 0 N–H and O–H groups in total. The Morgan fingerprint density at radius 2 is 0.920 bits per heavy atom. The molecule has 10 rings (SSSR count). The third kappa shape index (κ3) is 4.71. The van der Waals surface area contributed by atoms with Crippen molar-refractivity contribution in [3.05, 3.63) is 170 Å². The summed E-state index contributed by atoms with van der Waals surface area (Å²) in [5.74, 6) is 1.97. The Bertz CT molecular complexity index is 2830. The van der Waals surface area contributed by atoms with Crippen molar-refractivity contribution < 1.29 is 0 Å². The fraction of sp³-hybridized carbons (Fsp3) is 0. The minimum atomic E-state index is 0.646. The standard InChI is InChI=1S/C45H28N4S/c1-2-13-29(14-3-1)43-46-44(48-45(47-43)38-23-12-22-37-36-21-6-9-26-41(36)50-42(37)38)32-17-10-15-30(27-32)31-16-11-18-33(28-31)49-39-24-7-4-19-34(39)35-20-5-8-25-40(35)49/h1-28H. The Hall–Kier alpha value is -6.43. The quantitative estimate of drug-likeness (QED) is 0.185. The van der Waals surface area contributed by atoms with Crippen molar-refractivity contribution in [2.45, 2.75) is 0 Å². The summed E-state index contributed by atoms with van der Waals surface area (Å²) in [6, 6.07) is 59.7. The van der Waals surface area contributed by atoms with E-state index < -0.39 is 0 Å². The molecule has 5 heteroatoms. The van der Waals surface area contributed by atoms with Gasteiger partial charge in [-0.15, -0.1) is 11.3 Å². The van der Waals surface area contributed by atoms with Crippen LogP contribution in [-0.4, -0.2) is 19.5 Å². The molecule has 0 atom stereocenters. The Kier molecular flexibility index (Phi) is 6.64. The number of thiophene rings is 1. The summed E-state index contributed by atoms with van der Waals surface area (Å²) in [5, 5.41) is 4.97. The summed E-state index contributed by atoms with van der Waals surface area (Å²) < 4.78 is 4.79. The van der Waals surface area contributed by atoms with Crippen LogP contribution in [0.3, 0.4) is 0 Å². The Labute approximate surface area is 292 Å². The van der Waals surface area contributed by atoms with E-state index in [1.807, 2.05) is 18.2 Å². The van der Waals surface area contributed by atoms with Crippen molar-refractivity contribution in [2.24, 2.45) is 0 Å². The van der Waals surface area contributed by atoms with E-state index in [0.29, 0.717) is 17.5 Å². The van der Waals surface area contributed by atoms with Gasteiger partial charge in [-0.25, -0.2) is 15.0 Å². The normalized spacial score (nSPS) is 11.6. The molecule has 0 amide bonds. The van der Waals surface area contributed by atoms with Crippen LogP contribution >= 0.6 is 11.3 Å². The second kappa shape index (κ2) is 11.6. The molecule has 0 radical (unpaired) electrons. The van der Waals surface area contributed by atoms with Crippen LogP contribution in [0.25, 0.3) is 93.0 Å². The predicted octanol–water partition coefficient (Wildman–Crippen LogP) is 12.0. The maximum Gasteiger partial charge on any atom is 0.165 e. The smallest absolute Gasteiger partial charge is 0.165 e. The van der Waals surface area contributed by atoms with Crippen LogP contribution in [0.5, 0.6) is 0 Å². The van der Waals surface area contributed by atoms with Gasteiger partial charge >= 0.3 is 0 Å². The second-order valence-electron chi connectivity index (χ2n) is 12.5.